The topological polar surface area (TPSA) is 86.4 Å². The number of nitrogens with zero attached hydrogens (tertiary/aromatic N) is 4. The summed E-state index contributed by atoms with van der Waals surface area (Å²) in [5, 5.41) is 3.62. The molecule has 1 aromatic carbocycles. The fourth-order valence-corrected chi connectivity index (χ4v) is 3.78. The molecular formula is C18H16F3IN6O2. The van der Waals surface area contributed by atoms with Crippen LogP contribution in [0.15, 0.2) is 36.7 Å². The van der Waals surface area contributed by atoms with Gasteiger partial charge in [0, 0.05) is 31.9 Å². The van der Waals surface area contributed by atoms with E-state index in [0.717, 1.165) is 32.7 Å². The van der Waals surface area contributed by atoms with Gasteiger partial charge in [-0.05, 0) is 52.9 Å². The molecule has 3 aromatic rings. The number of aromatic amines is 1. The van der Waals surface area contributed by atoms with E-state index in [4.69, 9.17) is 0 Å². The van der Waals surface area contributed by atoms with Gasteiger partial charge in [0.1, 0.15) is 23.5 Å². The lowest BCUT2D eigenvalue weighted by Crippen LogP contribution is -2.50. The predicted molar refractivity (Wildman–Crippen MR) is 113 cm³/mol. The molecule has 12 heteroatoms. The number of urea groups is 1. The normalized spacial score (nSPS) is 14.8. The number of H-pyrrole nitrogens is 1. The number of carbonyl (C=O) groups excluding carboxylic acids is 1. The molecule has 0 saturated carbocycles. The number of piperazine rings is 1. The summed E-state index contributed by atoms with van der Waals surface area (Å²) in [5.41, 5.74) is 1.15. The van der Waals surface area contributed by atoms with E-state index in [1.807, 2.05) is 6.07 Å². The largest absolute Gasteiger partial charge is 0.573 e. The van der Waals surface area contributed by atoms with Crippen LogP contribution in [0.2, 0.25) is 0 Å². The fraction of sp³-hybridized carbons (Fsp3) is 0.278. The van der Waals surface area contributed by atoms with Gasteiger partial charge in [-0.25, -0.2) is 14.8 Å². The van der Waals surface area contributed by atoms with Crippen LogP contribution in [0.25, 0.3) is 11.0 Å². The Balaban J connectivity index is 1.35. The molecule has 0 bridgehead atoms. The number of rotatable bonds is 3. The van der Waals surface area contributed by atoms with Crippen LogP contribution in [0.4, 0.5) is 29.5 Å². The first-order chi connectivity index (χ1) is 14.3. The molecule has 1 fully saturated rings. The summed E-state index contributed by atoms with van der Waals surface area (Å²) in [6.07, 6.45) is -3.24. The van der Waals surface area contributed by atoms with Crippen molar-refractivity contribution in [1.29, 1.82) is 0 Å². The third kappa shape index (κ3) is 4.68. The highest BCUT2D eigenvalue weighted by molar-refractivity contribution is 14.1. The first-order valence-corrected chi connectivity index (χ1v) is 10.0. The molecule has 158 valence electrons. The number of anilines is 2. The predicted octanol–water partition coefficient (Wildman–Crippen LogP) is 3.82. The summed E-state index contributed by atoms with van der Waals surface area (Å²) in [5.74, 6) is 0.476. The van der Waals surface area contributed by atoms with Crippen molar-refractivity contribution >= 4 is 51.2 Å². The molecule has 8 nitrogen and oxygen atoms in total. The highest BCUT2D eigenvalue weighted by Gasteiger charge is 2.31. The Morgan fingerprint density at radius 3 is 2.50 bits per heavy atom. The number of ether oxygens (including phenoxy) is 1. The first kappa shape index (κ1) is 20.5. The van der Waals surface area contributed by atoms with Crippen LogP contribution < -0.4 is 15.0 Å². The molecule has 4 rings (SSSR count). The van der Waals surface area contributed by atoms with Gasteiger partial charge >= 0.3 is 12.4 Å². The molecule has 30 heavy (non-hydrogen) atoms. The second-order valence-corrected chi connectivity index (χ2v) is 7.72. The van der Waals surface area contributed by atoms with E-state index in [1.54, 1.807) is 4.90 Å². The molecule has 0 aliphatic carbocycles. The maximum atomic E-state index is 12.5. The van der Waals surface area contributed by atoms with Crippen molar-refractivity contribution in [3.63, 3.8) is 0 Å². The number of benzene rings is 1. The number of halogens is 4. The molecule has 2 amide bonds. The van der Waals surface area contributed by atoms with Gasteiger partial charge in [0.25, 0.3) is 0 Å². The zero-order valence-electron chi connectivity index (χ0n) is 15.4. The minimum atomic E-state index is -4.75. The Kier molecular flexibility index (Phi) is 5.58. The molecule has 2 N–H and O–H groups in total. The number of alkyl halides is 3. The quantitative estimate of drug-likeness (QED) is 0.502. The van der Waals surface area contributed by atoms with Crippen LogP contribution in [0, 0.1) is 3.70 Å². The van der Waals surface area contributed by atoms with Gasteiger partial charge in [-0.1, -0.05) is 0 Å². The van der Waals surface area contributed by atoms with E-state index in [1.165, 1.54) is 18.5 Å². The van der Waals surface area contributed by atoms with Crippen molar-refractivity contribution in [3.8, 4) is 5.75 Å². The van der Waals surface area contributed by atoms with Crippen molar-refractivity contribution in [2.24, 2.45) is 0 Å². The van der Waals surface area contributed by atoms with Crippen molar-refractivity contribution in [3.05, 3.63) is 40.4 Å². The minimum absolute atomic E-state index is 0.317. The summed E-state index contributed by atoms with van der Waals surface area (Å²) < 4.78 is 41.5. The van der Waals surface area contributed by atoms with Crippen LogP contribution in [-0.4, -0.2) is 58.4 Å². The summed E-state index contributed by atoms with van der Waals surface area (Å²) >= 11 is 2.18. The third-order valence-electron chi connectivity index (χ3n) is 4.58. The second-order valence-electron chi connectivity index (χ2n) is 6.55. The number of nitrogens with one attached hydrogen (secondary N) is 2. The maximum absolute atomic E-state index is 12.5. The highest BCUT2D eigenvalue weighted by Crippen LogP contribution is 2.26. The van der Waals surface area contributed by atoms with E-state index in [0.29, 0.717) is 31.9 Å². The number of hydrogen-bond donors (Lipinski definition) is 2. The summed E-state index contributed by atoms with van der Waals surface area (Å²) in [6, 6.07) is 6.69. The molecule has 0 spiro atoms. The Labute approximate surface area is 182 Å². The first-order valence-electron chi connectivity index (χ1n) is 8.94. The van der Waals surface area contributed by atoms with Crippen LogP contribution >= 0.6 is 22.6 Å². The van der Waals surface area contributed by atoms with Crippen molar-refractivity contribution in [1.82, 2.24) is 19.9 Å². The maximum Gasteiger partial charge on any atom is 0.573 e. The molecule has 1 aliphatic rings. The zero-order chi connectivity index (χ0) is 21.3. The minimum Gasteiger partial charge on any atom is -0.406 e. The van der Waals surface area contributed by atoms with Gasteiger partial charge in [0.15, 0.2) is 0 Å². The Morgan fingerprint density at radius 2 is 1.83 bits per heavy atom. The Hall–Kier alpha value is -2.77. The highest BCUT2D eigenvalue weighted by atomic mass is 127. The van der Waals surface area contributed by atoms with Crippen molar-refractivity contribution in [2.75, 3.05) is 36.4 Å². The lowest BCUT2D eigenvalue weighted by Gasteiger charge is -2.35. The number of carbonyl (C=O) groups is 1. The van der Waals surface area contributed by atoms with Gasteiger partial charge in [-0.15, -0.1) is 13.2 Å². The van der Waals surface area contributed by atoms with E-state index < -0.39 is 6.36 Å². The molecular weight excluding hydrogens is 516 g/mol. The zero-order valence-corrected chi connectivity index (χ0v) is 17.6. The Bertz CT molecular complexity index is 1050. The van der Waals surface area contributed by atoms with Crippen LogP contribution in [0.3, 0.4) is 0 Å². The van der Waals surface area contributed by atoms with Crippen molar-refractivity contribution in [2.45, 2.75) is 6.36 Å². The SMILES string of the molecule is O=C(Nc1ccc(OC(F)(F)F)cc1)N1CCN(c2ncnc3[nH]c(I)cc23)CC1. The lowest BCUT2D eigenvalue weighted by molar-refractivity contribution is -0.274. The van der Waals surface area contributed by atoms with E-state index in [2.05, 4.69) is 52.5 Å². The van der Waals surface area contributed by atoms with Gasteiger partial charge in [-0.2, -0.15) is 0 Å². The van der Waals surface area contributed by atoms with Gasteiger partial charge in [0.2, 0.25) is 0 Å². The second kappa shape index (κ2) is 8.16. The molecule has 2 aromatic heterocycles. The molecule has 0 unspecified atom stereocenters. The number of aromatic nitrogens is 3. The molecule has 1 saturated heterocycles. The summed E-state index contributed by atoms with van der Waals surface area (Å²) in [6.45, 7) is 2.15. The van der Waals surface area contributed by atoms with E-state index in [-0.39, 0.29) is 11.8 Å². The monoisotopic (exact) mass is 532 g/mol. The molecule has 1 aliphatic heterocycles. The molecule has 0 radical (unpaired) electrons. The average Bonchev–Trinajstić information content (AvgIpc) is 3.08. The van der Waals surface area contributed by atoms with Gasteiger partial charge in [-0.3, -0.25) is 0 Å². The average molecular weight is 532 g/mol. The van der Waals surface area contributed by atoms with Gasteiger partial charge in [0.05, 0.1) is 9.09 Å². The smallest absolute Gasteiger partial charge is 0.406 e. The van der Waals surface area contributed by atoms with Crippen LogP contribution in [-0.2, 0) is 0 Å². The summed E-state index contributed by atoms with van der Waals surface area (Å²) in [4.78, 5) is 28.0. The third-order valence-corrected chi connectivity index (χ3v) is 5.16. The standard InChI is InChI=1S/C18H16F3IN6O2/c19-18(20,21)30-12-3-1-11(2-4-12)25-17(29)28-7-5-27(6-8-28)16-13-9-14(22)26-15(13)23-10-24-16/h1-4,9-10H,5-8H2,(H,25,29)(H,23,24,26). The molecule has 0 atom stereocenters. The van der Waals surface area contributed by atoms with Gasteiger partial charge < -0.3 is 24.8 Å². The lowest BCUT2D eigenvalue weighted by atomic mass is 10.2. The fourth-order valence-electron chi connectivity index (χ4n) is 3.21. The van der Waals surface area contributed by atoms with Crippen molar-refractivity contribution < 1.29 is 22.7 Å². The number of fused-ring (bicyclic) bond motifs is 1. The van der Waals surface area contributed by atoms with Crippen LogP contribution in [0.5, 0.6) is 5.75 Å². The summed E-state index contributed by atoms with van der Waals surface area (Å²) in [7, 11) is 0. The molecule has 3 heterocycles. The number of hydrogen-bond acceptors (Lipinski definition) is 5. The van der Waals surface area contributed by atoms with E-state index in [9.17, 15) is 18.0 Å². The number of amides is 2. The van der Waals surface area contributed by atoms with E-state index >= 15 is 0 Å². The van der Waals surface area contributed by atoms with Crippen LogP contribution in [0.1, 0.15) is 0 Å². The Morgan fingerprint density at radius 1 is 1.13 bits per heavy atom.